The van der Waals surface area contributed by atoms with E-state index in [4.69, 9.17) is 5.73 Å². The van der Waals surface area contributed by atoms with E-state index in [0.29, 0.717) is 0 Å². The van der Waals surface area contributed by atoms with Gasteiger partial charge in [-0.15, -0.1) is 0 Å². The van der Waals surface area contributed by atoms with Gasteiger partial charge in [-0.2, -0.15) is 0 Å². The van der Waals surface area contributed by atoms with Crippen LogP contribution < -0.4 is 5.73 Å². The lowest BCUT2D eigenvalue weighted by Gasteiger charge is -2.40. The molecule has 0 aromatic heterocycles. The van der Waals surface area contributed by atoms with Gasteiger partial charge in [0.05, 0.1) is 6.61 Å². The smallest absolute Gasteiger partial charge is 0.0602 e. The fraction of sp³-hybridized carbons (Fsp3) is 1.00. The summed E-state index contributed by atoms with van der Waals surface area (Å²) < 4.78 is 0. The van der Waals surface area contributed by atoms with Crippen LogP contribution in [-0.4, -0.2) is 41.8 Å². The average molecular weight is 258 g/mol. The molecule has 110 valence electrons. The fourth-order valence-corrected chi connectivity index (χ4v) is 2.20. The van der Waals surface area contributed by atoms with Crippen molar-refractivity contribution in [2.24, 2.45) is 11.1 Å². The molecule has 0 heterocycles. The molecule has 0 spiro atoms. The van der Waals surface area contributed by atoms with Crippen molar-refractivity contribution in [1.29, 1.82) is 0 Å². The molecule has 0 amide bonds. The summed E-state index contributed by atoms with van der Waals surface area (Å²) in [6.07, 6.45) is 4.73. The van der Waals surface area contributed by atoms with Gasteiger partial charge in [0.25, 0.3) is 0 Å². The number of unbranched alkanes of at least 4 members (excludes halogenated alkanes) is 2. The highest BCUT2D eigenvalue weighted by atomic mass is 16.3. The Hall–Kier alpha value is -0.120. The lowest BCUT2D eigenvalue weighted by atomic mass is 9.82. The monoisotopic (exact) mass is 258 g/mol. The molecule has 0 radical (unpaired) electrons. The highest BCUT2D eigenvalue weighted by Gasteiger charge is 2.32. The summed E-state index contributed by atoms with van der Waals surface area (Å²) in [4.78, 5) is 2.39. The van der Waals surface area contributed by atoms with Crippen LogP contribution in [0, 0.1) is 5.41 Å². The van der Waals surface area contributed by atoms with Crippen LogP contribution in [0.15, 0.2) is 0 Å². The Bertz CT molecular complexity index is 193. The topological polar surface area (TPSA) is 49.5 Å². The van der Waals surface area contributed by atoms with E-state index in [-0.39, 0.29) is 24.1 Å². The van der Waals surface area contributed by atoms with Crippen LogP contribution in [0.5, 0.6) is 0 Å². The largest absolute Gasteiger partial charge is 0.395 e. The maximum atomic E-state index is 9.71. The molecule has 0 rings (SSSR count). The summed E-state index contributed by atoms with van der Waals surface area (Å²) in [6, 6.07) is 0.0966. The van der Waals surface area contributed by atoms with Crippen molar-refractivity contribution in [2.45, 2.75) is 72.4 Å². The van der Waals surface area contributed by atoms with Crippen LogP contribution in [0.25, 0.3) is 0 Å². The van der Waals surface area contributed by atoms with E-state index in [1.165, 1.54) is 25.7 Å². The van der Waals surface area contributed by atoms with E-state index in [2.05, 4.69) is 39.5 Å². The number of rotatable bonds is 9. The molecule has 2 atom stereocenters. The highest BCUT2D eigenvalue weighted by Crippen LogP contribution is 2.23. The molecular formula is C15H34N2O. The van der Waals surface area contributed by atoms with Gasteiger partial charge in [0.1, 0.15) is 0 Å². The first-order valence-corrected chi connectivity index (χ1v) is 7.48. The minimum atomic E-state index is 0.0104. The number of aliphatic hydroxyl groups is 1. The Morgan fingerprint density at radius 3 is 1.78 bits per heavy atom. The molecule has 2 unspecified atom stereocenters. The van der Waals surface area contributed by atoms with Crippen LogP contribution in [0.4, 0.5) is 0 Å². The summed E-state index contributed by atoms with van der Waals surface area (Å²) in [5.74, 6) is 0. The molecule has 0 aromatic carbocycles. The van der Waals surface area contributed by atoms with E-state index >= 15 is 0 Å². The zero-order valence-electron chi connectivity index (χ0n) is 13.1. The highest BCUT2D eigenvalue weighted by molar-refractivity contribution is 4.89. The minimum absolute atomic E-state index is 0.0104. The Balaban J connectivity index is 4.67. The molecule has 0 aliphatic rings. The zero-order chi connectivity index (χ0) is 14.2. The second-order valence-corrected chi connectivity index (χ2v) is 6.38. The van der Waals surface area contributed by atoms with Gasteiger partial charge in [0, 0.05) is 12.1 Å². The second-order valence-electron chi connectivity index (χ2n) is 6.38. The van der Waals surface area contributed by atoms with Gasteiger partial charge in [0.15, 0.2) is 0 Å². The van der Waals surface area contributed by atoms with Crippen LogP contribution in [0.2, 0.25) is 0 Å². The first kappa shape index (κ1) is 17.9. The van der Waals surface area contributed by atoms with Crippen molar-refractivity contribution in [3.05, 3.63) is 0 Å². The van der Waals surface area contributed by atoms with E-state index < -0.39 is 0 Å². The Kier molecular flexibility index (Phi) is 8.83. The molecule has 3 nitrogen and oxygen atoms in total. The quantitative estimate of drug-likeness (QED) is 0.668. The average Bonchev–Trinajstić information content (AvgIpc) is 2.31. The summed E-state index contributed by atoms with van der Waals surface area (Å²) in [5.41, 5.74) is 6.38. The van der Waals surface area contributed by atoms with Crippen LogP contribution in [-0.2, 0) is 0 Å². The van der Waals surface area contributed by atoms with Gasteiger partial charge in [0.2, 0.25) is 0 Å². The summed E-state index contributed by atoms with van der Waals surface area (Å²) in [7, 11) is 0. The summed E-state index contributed by atoms with van der Waals surface area (Å²) in [6.45, 7) is 13.1. The van der Waals surface area contributed by atoms with Crippen molar-refractivity contribution in [3.8, 4) is 0 Å². The van der Waals surface area contributed by atoms with Crippen molar-refractivity contribution in [2.75, 3.05) is 19.7 Å². The third-order valence-electron chi connectivity index (χ3n) is 3.67. The van der Waals surface area contributed by atoms with E-state index in [9.17, 15) is 5.11 Å². The van der Waals surface area contributed by atoms with Crippen LogP contribution in [0.1, 0.15) is 60.3 Å². The van der Waals surface area contributed by atoms with Crippen molar-refractivity contribution < 1.29 is 5.11 Å². The predicted molar refractivity (Wildman–Crippen MR) is 79.7 cm³/mol. The van der Waals surface area contributed by atoms with Gasteiger partial charge in [-0.1, -0.05) is 47.5 Å². The summed E-state index contributed by atoms with van der Waals surface area (Å²) in [5, 5.41) is 9.71. The second kappa shape index (κ2) is 8.89. The molecule has 0 aromatic rings. The Labute approximate surface area is 114 Å². The first-order chi connectivity index (χ1) is 8.38. The van der Waals surface area contributed by atoms with Crippen molar-refractivity contribution in [3.63, 3.8) is 0 Å². The molecular weight excluding hydrogens is 224 g/mol. The number of nitrogens with zero attached hydrogens (tertiary/aromatic N) is 1. The molecule has 0 bridgehead atoms. The van der Waals surface area contributed by atoms with Gasteiger partial charge < -0.3 is 10.8 Å². The standard InChI is InChI=1S/C15H34N2O/c1-6-8-10-17(11-9-7-2)13(12-18)14(16)15(3,4)5/h13-14,18H,6-12,16H2,1-5H3. The van der Waals surface area contributed by atoms with Gasteiger partial charge in [-0.05, 0) is 31.3 Å². The maximum Gasteiger partial charge on any atom is 0.0602 e. The van der Waals surface area contributed by atoms with Crippen LogP contribution >= 0.6 is 0 Å². The third kappa shape index (κ3) is 6.17. The molecule has 0 saturated carbocycles. The summed E-state index contributed by atoms with van der Waals surface area (Å²) >= 11 is 0. The third-order valence-corrected chi connectivity index (χ3v) is 3.67. The predicted octanol–water partition coefficient (Wildman–Crippen LogP) is 2.62. The van der Waals surface area contributed by atoms with Crippen LogP contribution in [0.3, 0.4) is 0 Å². The normalized spacial score (nSPS) is 16.0. The number of hydrogen-bond acceptors (Lipinski definition) is 3. The van der Waals surface area contributed by atoms with Gasteiger partial charge >= 0.3 is 0 Å². The Morgan fingerprint density at radius 2 is 1.50 bits per heavy atom. The molecule has 18 heavy (non-hydrogen) atoms. The molecule has 3 heteroatoms. The molecule has 0 saturated heterocycles. The number of nitrogens with two attached hydrogens (primary N) is 1. The van der Waals surface area contributed by atoms with E-state index in [0.717, 1.165) is 13.1 Å². The Morgan fingerprint density at radius 1 is 1.06 bits per heavy atom. The minimum Gasteiger partial charge on any atom is -0.395 e. The molecule has 0 fully saturated rings. The number of hydrogen-bond donors (Lipinski definition) is 2. The maximum absolute atomic E-state index is 9.71. The number of aliphatic hydroxyl groups excluding tert-OH is 1. The van der Waals surface area contributed by atoms with Gasteiger partial charge in [-0.3, -0.25) is 4.90 Å². The first-order valence-electron chi connectivity index (χ1n) is 7.48. The molecule has 0 aliphatic heterocycles. The lowest BCUT2D eigenvalue weighted by Crippen LogP contribution is -2.56. The van der Waals surface area contributed by atoms with E-state index in [1.807, 2.05) is 0 Å². The van der Waals surface area contributed by atoms with Crippen molar-refractivity contribution >= 4 is 0 Å². The van der Waals surface area contributed by atoms with Gasteiger partial charge in [-0.25, -0.2) is 0 Å². The van der Waals surface area contributed by atoms with E-state index in [1.54, 1.807) is 0 Å². The van der Waals surface area contributed by atoms with Crippen molar-refractivity contribution in [1.82, 2.24) is 4.90 Å². The molecule has 0 aliphatic carbocycles. The fourth-order valence-electron chi connectivity index (χ4n) is 2.20. The SMILES string of the molecule is CCCCN(CCCC)C(CO)C(N)C(C)(C)C. The molecule has 3 N–H and O–H groups in total. The zero-order valence-corrected chi connectivity index (χ0v) is 13.1. The lowest BCUT2D eigenvalue weighted by molar-refractivity contribution is 0.0685.